The fraction of sp³-hybridized carbons (Fsp3) is 0.900. The number of ether oxygens (including phenoxy) is 2. The third-order valence-corrected chi connectivity index (χ3v) is 4.06. The molecule has 0 unspecified atom stereocenters. The minimum absolute atomic E-state index is 0. The Morgan fingerprint density at radius 1 is 0.633 bits per heavy atom. The van der Waals surface area contributed by atoms with Crippen LogP contribution in [0, 0.1) is 0 Å². The number of carbonyl (C=O) groups excluding carboxylic acids is 2. The Balaban J connectivity index is -0.00000108. The molecule has 2 N–H and O–H groups in total. The summed E-state index contributed by atoms with van der Waals surface area (Å²) in [6, 6.07) is 0. The molecule has 0 aliphatic heterocycles. The summed E-state index contributed by atoms with van der Waals surface area (Å²) in [5, 5.41) is 0. The third-order valence-electron chi connectivity index (χ3n) is 4.06. The first kappa shape index (κ1) is 34.4. The Kier molecular flexibility index (Phi) is 28.8. The maximum absolute atomic E-state index is 11.5. The monoisotopic (exact) mass is 464 g/mol. The Morgan fingerprint density at radius 2 is 0.900 bits per heavy atom. The summed E-state index contributed by atoms with van der Waals surface area (Å²) < 4.78 is 41.8. The van der Waals surface area contributed by atoms with Crippen molar-refractivity contribution in [3.8, 4) is 0 Å². The van der Waals surface area contributed by atoms with Crippen LogP contribution < -0.4 is 0 Å². The molecule has 0 aliphatic rings. The van der Waals surface area contributed by atoms with Crippen molar-refractivity contribution >= 4 is 51.9 Å². The number of unbranched alkanes of at least 4 members (excludes halogenated alkanes) is 10. The molecule has 0 radical (unpaired) electrons. The van der Waals surface area contributed by atoms with Crippen molar-refractivity contribution < 1.29 is 36.6 Å². The molecule has 0 rings (SSSR count). The molecule has 0 heterocycles. The van der Waals surface area contributed by atoms with Crippen molar-refractivity contribution in [3.63, 3.8) is 0 Å². The Labute approximate surface area is 204 Å². The number of rotatable bonds is 17. The average Bonchev–Trinajstić information content (AvgIpc) is 2.63. The van der Waals surface area contributed by atoms with Crippen LogP contribution in [0.4, 0.5) is 0 Å². The van der Waals surface area contributed by atoms with Gasteiger partial charge in [-0.1, -0.05) is 78.1 Å². The van der Waals surface area contributed by atoms with Crippen LogP contribution in [0.1, 0.15) is 104 Å². The molecule has 0 amide bonds. The van der Waals surface area contributed by atoms with Crippen LogP contribution >= 0.6 is 0 Å². The van der Waals surface area contributed by atoms with Gasteiger partial charge in [-0.05, 0) is 12.8 Å². The Morgan fingerprint density at radius 3 is 1.20 bits per heavy atom. The number of carbonyl (C=O) groups is 2. The van der Waals surface area contributed by atoms with Crippen molar-refractivity contribution in [2.45, 2.75) is 104 Å². The molecule has 0 spiro atoms. The van der Waals surface area contributed by atoms with Crippen molar-refractivity contribution in [1.29, 1.82) is 0 Å². The second kappa shape index (κ2) is 25.1. The van der Waals surface area contributed by atoms with E-state index in [1.807, 2.05) is 0 Å². The predicted molar refractivity (Wildman–Crippen MR) is 119 cm³/mol. The van der Waals surface area contributed by atoms with Gasteiger partial charge in [-0.2, -0.15) is 8.42 Å². The zero-order chi connectivity index (χ0) is 22.4. The van der Waals surface area contributed by atoms with Crippen molar-refractivity contribution in [1.82, 2.24) is 0 Å². The second-order valence-electron chi connectivity index (χ2n) is 6.92. The first-order valence-corrected chi connectivity index (χ1v) is 12.1. The minimum atomic E-state index is -4.67. The van der Waals surface area contributed by atoms with Gasteiger partial charge in [0.25, 0.3) is 0 Å². The summed E-state index contributed by atoms with van der Waals surface area (Å²) in [4.78, 5) is 23.1. The van der Waals surface area contributed by atoms with Crippen LogP contribution in [-0.4, -0.2) is 72.2 Å². The van der Waals surface area contributed by atoms with Gasteiger partial charge in [0.05, 0.1) is 26.1 Å². The van der Waals surface area contributed by atoms with Gasteiger partial charge in [0.1, 0.15) is 0 Å². The molecule has 0 aromatic heterocycles. The van der Waals surface area contributed by atoms with E-state index in [4.69, 9.17) is 27.0 Å². The number of hydrogen-bond donors (Lipinski definition) is 2. The molecule has 176 valence electrons. The summed E-state index contributed by atoms with van der Waals surface area (Å²) in [7, 11) is -4.67. The zero-order valence-corrected chi connectivity index (χ0v) is 18.9. The summed E-state index contributed by atoms with van der Waals surface area (Å²) >= 11 is 0. The molecular weight excluding hydrogens is 423 g/mol. The van der Waals surface area contributed by atoms with Gasteiger partial charge in [0.15, 0.2) is 0 Å². The van der Waals surface area contributed by atoms with Gasteiger partial charge < -0.3 is 9.47 Å². The molecular formula is C20H41NaO8S. The van der Waals surface area contributed by atoms with E-state index < -0.39 is 10.4 Å². The molecule has 8 nitrogen and oxygen atoms in total. The van der Waals surface area contributed by atoms with E-state index in [2.05, 4.69) is 13.8 Å². The molecule has 0 aliphatic carbocycles. The number of esters is 2. The van der Waals surface area contributed by atoms with Crippen LogP contribution in [0.5, 0.6) is 0 Å². The van der Waals surface area contributed by atoms with Gasteiger partial charge in [-0.15, -0.1) is 0 Å². The van der Waals surface area contributed by atoms with E-state index in [-0.39, 0.29) is 54.3 Å². The van der Waals surface area contributed by atoms with Crippen molar-refractivity contribution in [2.24, 2.45) is 0 Å². The average molecular weight is 465 g/mol. The van der Waals surface area contributed by atoms with Gasteiger partial charge in [0, 0.05) is 0 Å². The van der Waals surface area contributed by atoms with Gasteiger partial charge >= 0.3 is 51.9 Å². The first-order chi connectivity index (χ1) is 13.7. The molecule has 10 heteroatoms. The van der Waals surface area contributed by atoms with Gasteiger partial charge in [-0.3, -0.25) is 18.7 Å². The van der Waals surface area contributed by atoms with Crippen molar-refractivity contribution in [2.75, 3.05) is 13.2 Å². The van der Waals surface area contributed by atoms with Crippen LogP contribution in [0.2, 0.25) is 0 Å². The number of hydrogen-bond acceptors (Lipinski definition) is 6. The fourth-order valence-electron chi connectivity index (χ4n) is 2.49. The second-order valence-corrected chi connectivity index (χ2v) is 7.82. The quantitative estimate of drug-likeness (QED) is 0.141. The predicted octanol–water partition coefficient (Wildman–Crippen LogP) is 4.27. The van der Waals surface area contributed by atoms with E-state index in [0.717, 1.165) is 25.7 Å². The third kappa shape index (κ3) is 38.4. The van der Waals surface area contributed by atoms with Crippen LogP contribution in [-0.2, 0) is 29.5 Å². The summed E-state index contributed by atoms with van der Waals surface area (Å²) in [5.41, 5.74) is 0. The molecule has 0 aromatic carbocycles. The summed E-state index contributed by atoms with van der Waals surface area (Å²) in [5.74, 6) is -0.583. The Hall–Kier alpha value is -0.190. The SMILES string of the molecule is CCCCCCCCOC(=O)CCC(=O)OCCCCCCCC.O=S(=O)(O)O.[NaH]. The van der Waals surface area contributed by atoms with Crippen molar-refractivity contribution in [3.05, 3.63) is 0 Å². The van der Waals surface area contributed by atoms with Gasteiger partial charge in [0.2, 0.25) is 0 Å². The summed E-state index contributed by atoms with van der Waals surface area (Å²) in [6.45, 7) is 5.33. The topological polar surface area (TPSA) is 127 Å². The first-order valence-electron chi connectivity index (χ1n) is 10.7. The summed E-state index contributed by atoms with van der Waals surface area (Å²) in [6.07, 6.45) is 14.3. The molecule has 0 fully saturated rings. The maximum atomic E-state index is 11.5. The molecule has 0 saturated heterocycles. The Bertz CT molecular complexity index is 459. The molecule has 0 bridgehead atoms. The van der Waals surface area contributed by atoms with Crippen LogP contribution in [0.25, 0.3) is 0 Å². The van der Waals surface area contributed by atoms with Crippen LogP contribution in [0.15, 0.2) is 0 Å². The normalized spacial score (nSPS) is 10.4. The van der Waals surface area contributed by atoms with E-state index in [9.17, 15) is 9.59 Å². The van der Waals surface area contributed by atoms with E-state index in [0.29, 0.717) is 13.2 Å². The molecule has 0 aromatic rings. The molecule has 0 atom stereocenters. The molecule has 30 heavy (non-hydrogen) atoms. The van der Waals surface area contributed by atoms with Gasteiger partial charge in [-0.25, -0.2) is 0 Å². The zero-order valence-electron chi connectivity index (χ0n) is 18.1. The standard InChI is InChI=1S/C20H38O4.Na.H2O4S.H/c1-3-5-7-9-11-13-17-23-19(21)15-16-20(22)24-18-14-12-10-8-6-4-2;;1-5(2,3)4;/h3-18H2,1-2H3;;(H2,1,2,3,4);. The van der Waals surface area contributed by atoms with E-state index >= 15 is 0 Å². The molecule has 0 saturated carbocycles. The van der Waals surface area contributed by atoms with Crippen LogP contribution in [0.3, 0.4) is 0 Å². The van der Waals surface area contributed by atoms with E-state index in [1.165, 1.54) is 51.4 Å². The van der Waals surface area contributed by atoms with E-state index in [1.54, 1.807) is 0 Å². The fourth-order valence-corrected chi connectivity index (χ4v) is 2.49.